The Kier molecular flexibility index (Phi) is 3.03. The summed E-state index contributed by atoms with van der Waals surface area (Å²) in [6, 6.07) is 15.4. The minimum absolute atomic E-state index is 0.0643. The number of benzene rings is 2. The zero-order valence-corrected chi connectivity index (χ0v) is 10.4. The van der Waals surface area contributed by atoms with Gasteiger partial charge >= 0.3 is 0 Å². The molecule has 0 aliphatic rings. The number of rotatable bonds is 3. The molecule has 3 rings (SSSR count). The minimum atomic E-state index is -0.354. The number of nitrogens with two attached hydrogens (primary N) is 1. The van der Waals surface area contributed by atoms with Crippen LogP contribution in [-0.4, -0.2) is 21.7 Å². The van der Waals surface area contributed by atoms with E-state index in [2.05, 4.69) is 9.97 Å². The molecule has 2 aromatic carbocycles. The number of H-pyrrole nitrogens is 1. The van der Waals surface area contributed by atoms with Gasteiger partial charge in [-0.3, -0.25) is 0 Å². The Morgan fingerprint density at radius 1 is 1.16 bits per heavy atom. The van der Waals surface area contributed by atoms with Gasteiger partial charge in [0.1, 0.15) is 5.82 Å². The van der Waals surface area contributed by atoms with Gasteiger partial charge in [0.2, 0.25) is 0 Å². The Labute approximate surface area is 110 Å². The lowest BCUT2D eigenvalue weighted by molar-refractivity contribution is 0.268. The largest absolute Gasteiger partial charge is 0.394 e. The summed E-state index contributed by atoms with van der Waals surface area (Å²) in [6.07, 6.45) is 0. The van der Waals surface area contributed by atoms with E-state index in [0.29, 0.717) is 0 Å². The first-order valence-electron chi connectivity index (χ1n) is 6.19. The van der Waals surface area contributed by atoms with Crippen molar-refractivity contribution in [3.05, 3.63) is 54.1 Å². The highest BCUT2D eigenvalue weighted by Crippen LogP contribution is 2.22. The van der Waals surface area contributed by atoms with Crippen LogP contribution in [0, 0.1) is 0 Å². The van der Waals surface area contributed by atoms with Gasteiger partial charge in [-0.25, -0.2) is 4.98 Å². The summed E-state index contributed by atoms with van der Waals surface area (Å²) >= 11 is 0. The lowest BCUT2D eigenvalue weighted by Gasteiger charge is -2.07. The summed E-state index contributed by atoms with van der Waals surface area (Å²) < 4.78 is 0. The second kappa shape index (κ2) is 4.84. The lowest BCUT2D eigenvalue weighted by atomic mass is 10.1. The fourth-order valence-corrected chi connectivity index (χ4v) is 2.10. The van der Waals surface area contributed by atoms with Crippen LogP contribution < -0.4 is 5.73 Å². The first kappa shape index (κ1) is 11.9. The molecule has 1 atom stereocenters. The molecule has 1 aromatic heterocycles. The van der Waals surface area contributed by atoms with E-state index in [1.165, 1.54) is 0 Å². The number of nitrogens with zero attached hydrogens (tertiary/aromatic N) is 1. The molecule has 96 valence electrons. The van der Waals surface area contributed by atoms with Gasteiger partial charge < -0.3 is 15.8 Å². The first-order valence-corrected chi connectivity index (χ1v) is 6.19. The second-order valence-corrected chi connectivity index (χ2v) is 4.52. The zero-order chi connectivity index (χ0) is 13.2. The number of hydrogen-bond donors (Lipinski definition) is 3. The van der Waals surface area contributed by atoms with E-state index >= 15 is 0 Å². The van der Waals surface area contributed by atoms with Gasteiger partial charge in [-0.15, -0.1) is 0 Å². The van der Waals surface area contributed by atoms with Crippen molar-refractivity contribution in [2.45, 2.75) is 6.04 Å². The molecule has 0 aliphatic carbocycles. The number of fused-ring (bicyclic) bond motifs is 1. The zero-order valence-electron chi connectivity index (χ0n) is 10.4. The maximum absolute atomic E-state index is 9.09. The summed E-state index contributed by atoms with van der Waals surface area (Å²) in [6.45, 7) is -0.0643. The molecular formula is C15H15N3O. The molecule has 4 heteroatoms. The molecule has 0 fully saturated rings. The molecule has 19 heavy (non-hydrogen) atoms. The number of aliphatic hydroxyl groups excluding tert-OH is 1. The van der Waals surface area contributed by atoms with Crippen LogP contribution in [0.2, 0.25) is 0 Å². The molecule has 1 unspecified atom stereocenters. The summed E-state index contributed by atoms with van der Waals surface area (Å²) in [5.41, 5.74) is 9.59. The maximum Gasteiger partial charge on any atom is 0.138 e. The van der Waals surface area contributed by atoms with Crippen molar-refractivity contribution in [1.82, 2.24) is 9.97 Å². The molecule has 0 bridgehead atoms. The highest BCUT2D eigenvalue weighted by atomic mass is 16.3. The monoisotopic (exact) mass is 253 g/mol. The van der Waals surface area contributed by atoms with Crippen molar-refractivity contribution < 1.29 is 5.11 Å². The van der Waals surface area contributed by atoms with Crippen LogP contribution in [0.25, 0.3) is 22.4 Å². The Hall–Kier alpha value is -2.17. The fraction of sp³-hybridized carbons (Fsp3) is 0.133. The minimum Gasteiger partial charge on any atom is -0.394 e. The fourth-order valence-electron chi connectivity index (χ4n) is 2.10. The number of nitrogens with one attached hydrogen (secondary N) is 1. The van der Waals surface area contributed by atoms with Gasteiger partial charge in [-0.05, 0) is 17.7 Å². The van der Waals surface area contributed by atoms with Gasteiger partial charge in [0.25, 0.3) is 0 Å². The molecule has 3 aromatic rings. The normalized spacial score (nSPS) is 12.7. The van der Waals surface area contributed by atoms with Crippen LogP contribution in [0.5, 0.6) is 0 Å². The van der Waals surface area contributed by atoms with E-state index in [4.69, 9.17) is 10.8 Å². The number of imidazole rings is 1. The Balaban J connectivity index is 2.06. The highest BCUT2D eigenvalue weighted by molar-refractivity contribution is 5.80. The number of aromatic amines is 1. The molecule has 0 amide bonds. The number of aromatic nitrogens is 2. The van der Waals surface area contributed by atoms with E-state index in [9.17, 15) is 0 Å². The third-order valence-corrected chi connectivity index (χ3v) is 3.18. The van der Waals surface area contributed by atoms with Crippen molar-refractivity contribution in [3.63, 3.8) is 0 Å². The van der Waals surface area contributed by atoms with Gasteiger partial charge in [-0.2, -0.15) is 0 Å². The second-order valence-electron chi connectivity index (χ2n) is 4.52. The average Bonchev–Trinajstić information content (AvgIpc) is 2.90. The van der Waals surface area contributed by atoms with Crippen molar-refractivity contribution in [3.8, 4) is 11.4 Å². The highest BCUT2D eigenvalue weighted by Gasteiger charge is 2.08. The molecule has 0 saturated carbocycles. The Morgan fingerprint density at radius 2 is 1.95 bits per heavy atom. The van der Waals surface area contributed by atoms with E-state index in [1.807, 2.05) is 48.5 Å². The molecule has 4 N–H and O–H groups in total. The smallest absolute Gasteiger partial charge is 0.138 e. The third-order valence-electron chi connectivity index (χ3n) is 3.18. The number of hydrogen-bond acceptors (Lipinski definition) is 3. The van der Waals surface area contributed by atoms with Crippen molar-refractivity contribution in [2.75, 3.05) is 6.61 Å². The predicted molar refractivity (Wildman–Crippen MR) is 75.5 cm³/mol. The lowest BCUT2D eigenvalue weighted by Crippen LogP contribution is -2.14. The molecular weight excluding hydrogens is 238 g/mol. The van der Waals surface area contributed by atoms with Crippen LogP contribution in [0.15, 0.2) is 48.5 Å². The SMILES string of the molecule is NC(CO)c1ccc2nc(-c3ccccc3)[nH]c2c1. The summed E-state index contributed by atoms with van der Waals surface area (Å²) in [4.78, 5) is 7.83. The Bertz CT molecular complexity index is 691. The van der Waals surface area contributed by atoms with E-state index in [0.717, 1.165) is 28.0 Å². The maximum atomic E-state index is 9.09. The topological polar surface area (TPSA) is 74.9 Å². The molecule has 0 spiro atoms. The van der Waals surface area contributed by atoms with Crippen molar-refractivity contribution in [2.24, 2.45) is 5.73 Å². The van der Waals surface area contributed by atoms with E-state index in [1.54, 1.807) is 0 Å². The van der Waals surface area contributed by atoms with Crippen LogP contribution in [-0.2, 0) is 0 Å². The van der Waals surface area contributed by atoms with Gasteiger partial charge in [0.15, 0.2) is 0 Å². The standard InChI is InChI=1S/C15H15N3O/c16-12(9-19)11-6-7-13-14(8-11)18-15(17-13)10-4-2-1-3-5-10/h1-8,12,19H,9,16H2,(H,17,18). The van der Waals surface area contributed by atoms with Crippen molar-refractivity contribution >= 4 is 11.0 Å². The van der Waals surface area contributed by atoms with E-state index in [-0.39, 0.29) is 12.6 Å². The van der Waals surface area contributed by atoms with Gasteiger partial charge in [0.05, 0.1) is 23.7 Å². The molecule has 0 saturated heterocycles. The summed E-state index contributed by atoms with van der Waals surface area (Å²) in [5.74, 6) is 0.838. The van der Waals surface area contributed by atoms with Crippen LogP contribution in [0.4, 0.5) is 0 Å². The number of aliphatic hydroxyl groups is 1. The molecule has 0 aliphatic heterocycles. The third kappa shape index (κ3) is 2.23. The predicted octanol–water partition coefficient (Wildman–Crippen LogP) is 2.22. The molecule has 1 heterocycles. The summed E-state index contributed by atoms with van der Waals surface area (Å²) in [5, 5.41) is 9.09. The molecule has 4 nitrogen and oxygen atoms in total. The van der Waals surface area contributed by atoms with Crippen LogP contribution in [0.3, 0.4) is 0 Å². The Morgan fingerprint density at radius 3 is 2.68 bits per heavy atom. The quantitative estimate of drug-likeness (QED) is 0.670. The van der Waals surface area contributed by atoms with Gasteiger partial charge in [0, 0.05) is 5.56 Å². The van der Waals surface area contributed by atoms with Crippen molar-refractivity contribution in [1.29, 1.82) is 0 Å². The first-order chi connectivity index (χ1) is 9.28. The van der Waals surface area contributed by atoms with E-state index < -0.39 is 0 Å². The van der Waals surface area contributed by atoms with Crippen LogP contribution >= 0.6 is 0 Å². The van der Waals surface area contributed by atoms with Gasteiger partial charge in [-0.1, -0.05) is 36.4 Å². The van der Waals surface area contributed by atoms with Crippen LogP contribution in [0.1, 0.15) is 11.6 Å². The summed E-state index contributed by atoms with van der Waals surface area (Å²) in [7, 11) is 0. The average molecular weight is 253 g/mol. The molecule has 0 radical (unpaired) electrons.